The van der Waals surface area contributed by atoms with Crippen molar-refractivity contribution in [3.8, 4) is 0 Å². The van der Waals surface area contributed by atoms with Gasteiger partial charge in [-0.25, -0.2) is 4.98 Å². The summed E-state index contributed by atoms with van der Waals surface area (Å²) in [6.07, 6.45) is 2.30. The number of aromatic nitrogens is 2. The number of rotatable bonds is 3. The summed E-state index contributed by atoms with van der Waals surface area (Å²) in [5, 5.41) is 2.95. The van der Waals surface area contributed by atoms with Crippen LogP contribution in [0.25, 0.3) is 0 Å². The zero-order valence-corrected chi connectivity index (χ0v) is 6.92. The van der Waals surface area contributed by atoms with E-state index in [1.54, 1.807) is 0 Å². The molecule has 0 radical (unpaired) electrons. The minimum absolute atomic E-state index is 0.144. The molecule has 5 heteroatoms. The van der Waals surface area contributed by atoms with Crippen molar-refractivity contribution in [2.24, 2.45) is 0 Å². The van der Waals surface area contributed by atoms with E-state index in [9.17, 15) is 4.79 Å². The fourth-order valence-corrected chi connectivity index (χ4v) is 0.795. The summed E-state index contributed by atoms with van der Waals surface area (Å²) < 4.78 is 0. The zero-order chi connectivity index (χ0) is 8.97. The van der Waals surface area contributed by atoms with E-state index in [0.29, 0.717) is 5.82 Å². The van der Waals surface area contributed by atoms with Crippen molar-refractivity contribution in [2.75, 3.05) is 17.6 Å². The lowest BCUT2D eigenvalue weighted by atomic mass is 10.4. The molecule has 4 N–H and O–H groups in total. The molecule has 0 fully saturated rings. The van der Waals surface area contributed by atoms with E-state index in [1.807, 2.05) is 6.92 Å². The van der Waals surface area contributed by atoms with Crippen LogP contribution in [-0.2, 0) is 0 Å². The Morgan fingerprint density at radius 1 is 1.75 bits per heavy atom. The largest absolute Gasteiger partial charge is 0.391 e. The van der Waals surface area contributed by atoms with Crippen molar-refractivity contribution in [2.45, 2.75) is 13.3 Å². The lowest BCUT2D eigenvalue weighted by Gasteiger charge is -2.04. The molecule has 1 aromatic rings. The maximum Gasteiger partial charge on any atom is 0.276 e. The Kier molecular flexibility index (Phi) is 2.68. The van der Waals surface area contributed by atoms with Gasteiger partial charge in [-0.2, -0.15) is 0 Å². The number of nitrogens with two attached hydrogens (primary N) is 1. The van der Waals surface area contributed by atoms with Gasteiger partial charge in [0.1, 0.15) is 5.69 Å². The Labute approximate surface area is 70.0 Å². The Hall–Kier alpha value is -1.52. The van der Waals surface area contributed by atoms with Crippen LogP contribution in [0.5, 0.6) is 0 Å². The van der Waals surface area contributed by atoms with Gasteiger partial charge < -0.3 is 16.0 Å². The Bertz CT molecular complexity index is 307. The highest BCUT2D eigenvalue weighted by molar-refractivity contribution is 5.58. The highest BCUT2D eigenvalue weighted by atomic mass is 16.1. The van der Waals surface area contributed by atoms with Gasteiger partial charge in [-0.15, -0.1) is 0 Å². The van der Waals surface area contributed by atoms with Crippen LogP contribution in [0.3, 0.4) is 0 Å². The van der Waals surface area contributed by atoms with Gasteiger partial charge in [0, 0.05) is 6.54 Å². The third kappa shape index (κ3) is 1.75. The van der Waals surface area contributed by atoms with Crippen LogP contribution in [0.4, 0.5) is 11.5 Å². The Morgan fingerprint density at radius 3 is 3.17 bits per heavy atom. The molecule has 0 saturated carbocycles. The third-order valence-electron chi connectivity index (χ3n) is 1.43. The van der Waals surface area contributed by atoms with Gasteiger partial charge in [0.15, 0.2) is 5.82 Å². The predicted molar refractivity (Wildman–Crippen MR) is 48.1 cm³/mol. The van der Waals surface area contributed by atoms with Gasteiger partial charge >= 0.3 is 0 Å². The molecule has 5 nitrogen and oxygen atoms in total. The van der Waals surface area contributed by atoms with Crippen LogP contribution in [0, 0.1) is 0 Å². The number of hydrogen-bond donors (Lipinski definition) is 3. The van der Waals surface area contributed by atoms with E-state index in [2.05, 4.69) is 15.3 Å². The number of nitrogens with zero attached hydrogens (tertiary/aromatic N) is 1. The minimum atomic E-state index is -0.302. The fraction of sp³-hybridized carbons (Fsp3) is 0.429. The maximum absolute atomic E-state index is 10.9. The smallest absolute Gasteiger partial charge is 0.276 e. The first kappa shape index (κ1) is 8.58. The second-order valence-corrected chi connectivity index (χ2v) is 2.42. The average molecular weight is 168 g/mol. The van der Waals surface area contributed by atoms with Crippen molar-refractivity contribution in [3.05, 3.63) is 16.7 Å². The summed E-state index contributed by atoms with van der Waals surface area (Å²) in [7, 11) is 0. The van der Waals surface area contributed by atoms with Gasteiger partial charge in [0.05, 0.1) is 6.33 Å². The standard InChI is InChI=1S/C7H12N4O/c1-2-3-9-6-5(8)7(12)11-4-10-6/h4H,2-3,8H2,1H3,(H2,9,10,11,12). The van der Waals surface area contributed by atoms with E-state index in [-0.39, 0.29) is 11.2 Å². The third-order valence-corrected chi connectivity index (χ3v) is 1.43. The van der Waals surface area contributed by atoms with E-state index in [0.717, 1.165) is 13.0 Å². The lowest BCUT2D eigenvalue weighted by molar-refractivity contribution is 0.963. The predicted octanol–water partition coefficient (Wildman–Crippen LogP) is 0.174. The van der Waals surface area contributed by atoms with Crippen molar-refractivity contribution in [1.82, 2.24) is 9.97 Å². The molecule has 0 unspecified atom stereocenters. The Balaban J connectivity index is 2.85. The van der Waals surface area contributed by atoms with E-state index >= 15 is 0 Å². The van der Waals surface area contributed by atoms with Crippen molar-refractivity contribution >= 4 is 11.5 Å². The van der Waals surface area contributed by atoms with Gasteiger partial charge in [0.2, 0.25) is 0 Å². The summed E-state index contributed by atoms with van der Waals surface area (Å²) in [4.78, 5) is 17.2. The first-order chi connectivity index (χ1) is 5.75. The average Bonchev–Trinajstić information content (AvgIpc) is 2.08. The molecule has 0 aliphatic carbocycles. The summed E-state index contributed by atoms with van der Waals surface area (Å²) in [5.74, 6) is 0.459. The number of nitrogens with one attached hydrogen (secondary N) is 2. The quantitative estimate of drug-likeness (QED) is 0.601. The molecule has 66 valence electrons. The molecule has 0 amide bonds. The van der Waals surface area contributed by atoms with E-state index < -0.39 is 0 Å². The number of anilines is 2. The lowest BCUT2D eigenvalue weighted by Crippen LogP contribution is -2.16. The highest BCUT2D eigenvalue weighted by Crippen LogP contribution is 2.06. The van der Waals surface area contributed by atoms with Crippen molar-refractivity contribution < 1.29 is 0 Å². The molecule has 12 heavy (non-hydrogen) atoms. The number of hydrogen-bond acceptors (Lipinski definition) is 4. The zero-order valence-electron chi connectivity index (χ0n) is 6.92. The molecular weight excluding hydrogens is 156 g/mol. The van der Waals surface area contributed by atoms with Crippen LogP contribution in [-0.4, -0.2) is 16.5 Å². The van der Waals surface area contributed by atoms with Gasteiger partial charge in [0.25, 0.3) is 5.56 Å². The molecule has 0 bridgehead atoms. The van der Waals surface area contributed by atoms with Crippen LogP contribution in [0.1, 0.15) is 13.3 Å². The van der Waals surface area contributed by atoms with Crippen LogP contribution < -0.4 is 16.6 Å². The SMILES string of the molecule is CCCNc1nc[nH]c(=O)c1N. The first-order valence-electron chi connectivity index (χ1n) is 3.82. The van der Waals surface area contributed by atoms with E-state index in [4.69, 9.17) is 5.73 Å². The van der Waals surface area contributed by atoms with Gasteiger partial charge in [-0.05, 0) is 6.42 Å². The van der Waals surface area contributed by atoms with Crippen molar-refractivity contribution in [1.29, 1.82) is 0 Å². The molecule has 0 aromatic carbocycles. The minimum Gasteiger partial charge on any atom is -0.391 e. The Morgan fingerprint density at radius 2 is 2.50 bits per heavy atom. The number of aromatic amines is 1. The molecule has 1 aromatic heterocycles. The topological polar surface area (TPSA) is 83.8 Å². The molecule has 0 aliphatic heterocycles. The molecule has 0 saturated heterocycles. The second-order valence-electron chi connectivity index (χ2n) is 2.42. The monoisotopic (exact) mass is 168 g/mol. The molecule has 0 atom stereocenters. The van der Waals surface area contributed by atoms with Crippen LogP contribution in [0.2, 0.25) is 0 Å². The van der Waals surface area contributed by atoms with E-state index in [1.165, 1.54) is 6.33 Å². The molecule has 1 heterocycles. The molecule has 0 spiro atoms. The summed E-state index contributed by atoms with van der Waals surface area (Å²) in [6, 6.07) is 0. The van der Waals surface area contributed by atoms with Crippen molar-refractivity contribution in [3.63, 3.8) is 0 Å². The first-order valence-corrected chi connectivity index (χ1v) is 3.82. The number of H-pyrrole nitrogens is 1. The summed E-state index contributed by atoms with van der Waals surface area (Å²) in [6.45, 7) is 2.79. The highest BCUT2D eigenvalue weighted by Gasteiger charge is 2.01. The normalized spacial score (nSPS) is 9.75. The summed E-state index contributed by atoms with van der Waals surface area (Å²) >= 11 is 0. The van der Waals surface area contributed by atoms with Crippen LogP contribution in [0.15, 0.2) is 11.1 Å². The van der Waals surface area contributed by atoms with Gasteiger partial charge in [-0.1, -0.05) is 6.92 Å². The van der Waals surface area contributed by atoms with Gasteiger partial charge in [-0.3, -0.25) is 4.79 Å². The number of nitrogen functional groups attached to an aromatic ring is 1. The summed E-state index contributed by atoms with van der Waals surface area (Å²) in [5.41, 5.74) is 5.30. The molecular formula is C7H12N4O. The van der Waals surface area contributed by atoms with Crippen LogP contribution >= 0.6 is 0 Å². The second kappa shape index (κ2) is 3.75. The maximum atomic E-state index is 10.9. The fourth-order valence-electron chi connectivity index (χ4n) is 0.795. The molecule has 1 rings (SSSR count). The molecule has 0 aliphatic rings.